The molecule has 0 spiro atoms. The molecule has 0 aliphatic carbocycles. The highest BCUT2D eigenvalue weighted by Gasteiger charge is 2.61. The lowest BCUT2D eigenvalue weighted by molar-refractivity contribution is -0.161. The number of Topliss-reactive ketones (excluding diaryl/α,β-unsaturated/α-hetero) is 1. The molecule has 2 aromatic rings. The molecule has 0 unspecified atom stereocenters. The molecule has 2 heterocycles. The van der Waals surface area contributed by atoms with E-state index in [0.29, 0.717) is 0 Å². The third-order valence-corrected chi connectivity index (χ3v) is 6.86. The summed E-state index contributed by atoms with van der Waals surface area (Å²) in [7, 11) is -4.33. The van der Waals surface area contributed by atoms with Crippen molar-refractivity contribution in [2.75, 3.05) is 0 Å². The van der Waals surface area contributed by atoms with Crippen LogP contribution >= 0.6 is 7.82 Å². The van der Waals surface area contributed by atoms with Gasteiger partial charge in [-0.05, 0) is 31.2 Å². The molecule has 0 saturated carbocycles. The summed E-state index contributed by atoms with van der Waals surface area (Å²) in [6.45, 7) is 4.58. The van der Waals surface area contributed by atoms with Gasteiger partial charge < -0.3 is 23.6 Å². The van der Waals surface area contributed by atoms with Crippen LogP contribution in [0.4, 0.5) is 0 Å². The number of aliphatic hydroxyl groups is 1. The molecule has 0 aromatic heterocycles. The van der Waals surface area contributed by atoms with Crippen LogP contribution in [0.2, 0.25) is 0 Å². The fourth-order valence-electron chi connectivity index (χ4n) is 4.17. The molecule has 0 bridgehead atoms. The van der Waals surface area contributed by atoms with E-state index in [0.717, 1.165) is 0 Å². The first-order valence-corrected chi connectivity index (χ1v) is 11.7. The summed E-state index contributed by atoms with van der Waals surface area (Å²) in [5.41, 5.74) is 0.0120. The second kappa shape index (κ2) is 8.45. The highest BCUT2D eigenvalue weighted by atomic mass is 31.2. The number of nitrogens with zero attached hydrogens (tertiary/aromatic N) is 1. The number of benzene rings is 2. The Hall–Kier alpha value is -3.09. The Balaban J connectivity index is 1.71. The summed E-state index contributed by atoms with van der Waals surface area (Å²) in [6.07, 6.45) is -0.897. The number of rotatable bonds is 8. The lowest BCUT2D eigenvalue weighted by Crippen LogP contribution is -2.63. The number of ketones is 1. The SMILES string of the molecule is CC(=O)C1=C(OP(=O)(Oc2ccccc2)Oc2ccccc2)[C@H](C)[C@@H]2[C@@H]([C@@H](C)O)C(=O)N12. The molecule has 1 amide bonds. The monoisotopic (exact) mass is 457 g/mol. The van der Waals surface area contributed by atoms with Gasteiger partial charge in [-0.1, -0.05) is 43.3 Å². The smallest absolute Gasteiger partial charge is 0.393 e. The maximum absolute atomic E-state index is 13.8. The predicted octanol–water partition coefficient (Wildman–Crippen LogP) is 3.93. The second-order valence-corrected chi connectivity index (χ2v) is 9.31. The first-order chi connectivity index (χ1) is 15.2. The zero-order chi connectivity index (χ0) is 23.0. The summed E-state index contributed by atoms with van der Waals surface area (Å²) in [6, 6.07) is 16.3. The molecule has 2 aromatic carbocycles. The highest BCUT2D eigenvalue weighted by molar-refractivity contribution is 7.49. The average Bonchev–Trinajstić information content (AvgIpc) is 2.97. The Bertz CT molecular complexity index is 1050. The third kappa shape index (κ3) is 3.92. The van der Waals surface area contributed by atoms with Crippen LogP contribution in [-0.4, -0.2) is 33.8 Å². The van der Waals surface area contributed by atoms with Crippen LogP contribution in [0.3, 0.4) is 0 Å². The Morgan fingerprint density at radius 3 is 1.94 bits per heavy atom. The lowest BCUT2D eigenvalue weighted by atomic mass is 9.79. The van der Waals surface area contributed by atoms with Crippen molar-refractivity contribution in [2.24, 2.45) is 11.8 Å². The maximum atomic E-state index is 13.8. The van der Waals surface area contributed by atoms with Gasteiger partial charge in [0.1, 0.15) is 23.0 Å². The molecule has 9 heteroatoms. The van der Waals surface area contributed by atoms with E-state index >= 15 is 0 Å². The number of phosphoric ester groups is 1. The van der Waals surface area contributed by atoms with Crippen molar-refractivity contribution >= 4 is 19.5 Å². The summed E-state index contributed by atoms with van der Waals surface area (Å²) in [4.78, 5) is 26.4. The van der Waals surface area contributed by atoms with Crippen molar-refractivity contribution in [2.45, 2.75) is 32.9 Å². The van der Waals surface area contributed by atoms with Gasteiger partial charge in [0.2, 0.25) is 5.91 Å². The van der Waals surface area contributed by atoms with Crippen LogP contribution in [0, 0.1) is 11.8 Å². The highest BCUT2D eigenvalue weighted by Crippen LogP contribution is 2.57. The third-order valence-electron chi connectivity index (χ3n) is 5.57. The Kier molecular flexibility index (Phi) is 5.84. The summed E-state index contributed by atoms with van der Waals surface area (Å²) in [5, 5.41) is 10.0. The molecule has 8 nitrogen and oxygen atoms in total. The van der Waals surface area contributed by atoms with E-state index in [1.165, 1.54) is 18.7 Å². The molecule has 168 valence electrons. The quantitative estimate of drug-likeness (QED) is 0.473. The number of amides is 1. The van der Waals surface area contributed by atoms with E-state index < -0.39 is 37.6 Å². The van der Waals surface area contributed by atoms with E-state index in [-0.39, 0.29) is 28.9 Å². The van der Waals surface area contributed by atoms with Gasteiger partial charge in [-0.25, -0.2) is 0 Å². The largest absolute Gasteiger partial charge is 0.646 e. The molecular weight excluding hydrogens is 433 g/mol. The van der Waals surface area contributed by atoms with E-state index in [4.69, 9.17) is 13.6 Å². The minimum Gasteiger partial charge on any atom is -0.393 e. The van der Waals surface area contributed by atoms with Crippen molar-refractivity contribution in [1.29, 1.82) is 0 Å². The first-order valence-electron chi connectivity index (χ1n) is 10.3. The maximum Gasteiger partial charge on any atom is 0.646 e. The number of carbonyl (C=O) groups is 2. The van der Waals surface area contributed by atoms with Crippen molar-refractivity contribution in [1.82, 2.24) is 4.90 Å². The van der Waals surface area contributed by atoms with Gasteiger partial charge in [-0.3, -0.25) is 9.59 Å². The molecule has 4 rings (SSSR count). The van der Waals surface area contributed by atoms with Gasteiger partial charge in [0.05, 0.1) is 18.1 Å². The number of hydrogen-bond acceptors (Lipinski definition) is 7. The summed E-state index contributed by atoms with van der Waals surface area (Å²) in [5.74, 6) is -1.41. The van der Waals surface area contributed by atoms with Gasteiger partial charge in [-0.2, -0.15) is 4.57 Å². The lowest BCUT2D eigenvalue weighted by Gasteiger charge is -2.46. The van der Waals surface area contributed by atoms with Gasteiger partial charge in [0, 0.05) is 12.8 Å². The van der Waals surface area contributed by atoms with E-state index in [1.807, 2.05) is 0 Å². The molecule has 32 heavy (non-hydrogen) atoms. The summed E-state index contributed by atoms with van der Waals surface area (Å²) < 4.78 is 30.9. The molecule has 1 saturated heterocycles. The number of hydrogen-bond donors (Lipinski definition) is 1. The van der Waals surface area contributed by atoms with Crippen LogP contribution < -0.4 is 9.05 Å². The number of para-hydroxylation sites is 2. The van der Waals surface area contributed by atoms with Crippen molar-refractivity contribution in [3.8, 4) is 11.5 Å². The van der Waals surface area contributed by atoms with Gasteiger partial charge in [0.15, 0.2) is 5.78 Å². The van der Waals surface area contributed by atoms with Crippen LogP contribution in [0.25, 0.3) is 0 Å². The van der Waals surface area contributed by atoms with Crippen molar-refractivity contribution in [3.63, 3.8) is 0 Å². The Labute approximate surface area is 186 Å². The fraction of sp³-hybridized carbons (Fsp3) is 0.304. The van der Waals surface area contributed by atoms with Gasteiger partial charge in [0.25, 0.3) is 0 Å². The van der Waals surface area contributed by atoms with E-state index in [1.54, 1.807) is 67.6 Å². The number of β-lactam (4-membered cyclic amide) rings is 1. The minimum atomic E-state index is -4.33. The molecule has 1 N–H and O–H groups in total. The second-order valence-electron chi connectivity index (χ2n) is 7.87. The number of allylic oxidation sites excluding steroid dienone is 1. The molecule has 2 aliphatic rings. The van der Waals surface area contributed by atoms with Gasteiger partial charge in [-0.15, -0.1) is 0 Å². The molecule has 0 radical (unpaired) electrons. The topological polar surface area (TPSA) is 102 Å². The molecular formula is C23H24NO7P. The zero-order valence-corrected chi connectivity index (χ0v) is 18.8. The zero-order valence-electron chi connectivity index (χ0n) is 17.9. The molecule has 4 atom stereocenters. The first kappa shape index (κ1) is 22.1. The molecule has 1 fully saturated rings. The fourth-order valence-corrected chi connectivity index (χ4v) is 5.54. The minimum absolute atomic E-state index is 0.0120. The molecule has 2 aliphatic heterocycles. The number of carbonyl (C=O) groups excluding carboxylic acids is 2. The van der Waals surface area contributed by atoms with Crippen molar-refractivity contribution < 1.29 is 32.8 Å². The van der Waals surface area contributed by atoms with Crippen LogP contribution in [0.1, 0.15) is 20.8 Å². The Morgan fingerprint density at radius 2 is 1.50 bits per heavy atom. The number of fused-ring (bicyclic) bond motifs is 1. The van der Waals surface area contributed by atoms with Crippen LogP contribution in [0.5, 0.6) is 11.5 Å². The van der Waals surface area contributed by atoms with Crippen LogP contribution in [-0.2, 0) is 18.7 Å². The van der Waals surface area contributed by atoms with Crippen molar-refractivity contribution in [3.05, 3.63) is 72.1 Å². The van der Waals surface area contributed by atoms with E-state index in [9.17, 15) is 19.3 Å². The van der Waals surface area contributed by atoms with Gasteiger partial charge >= 0.3 is 7.82 Å². The van der Waals surface area contributed by atoms with E-state index in [2.05, 4.69) is 0 Å². The predicted molar refractivity (Wildman–Crippen MR) is 116 cm³/mol. The standard InChI is InChI=1S/C23H24NO7P/c1-14-20-19(15(2)25)23(27)24(20)21(16(3)26)22(14)31-32(28,29-17-10-6-4-7-11-17)30-18-12-8-5-9-13-18/h4-15,19-20,25H,1-3H3/t14-,15-,19-,20-/m1/s1. The number of aliphatic hydroxyl groups excluding tert-OH is 1. The normalized spacial score (nSPS) is 23.3. The summed E-state index contributed by atoms with van der Waals surface area (Å²) >= 11 is 0. The van der Waals surface area contributed by atoms with Crippen LogP contribution in [0.15, 0.2) is 72.1 Å². The average molecular weight is 457 g/mol. The number of phosphoric acid groups is 1. The Morgan fingerprint density at radius 1 is 1.00 bits per heavy atom.